The van der Waals surface area contributed by atoms with E-state index < -0.39 is 0 Å². The second-order valence-corrected chi connectivity index (χ2v) is 10.9. The van der Waals surface area contributed by atoms with Crippen molar-refractivity contribution in [3.05, 3.63) is 24.3 Å². The topological polar surface area (TPSA) is 84.9 Å². The minimum absolute atomic E-state index is 0.0286. The van der Waals surface area contributed by atoms with E-state index in [0.29, 0.717) is 36.2 Å². The average molecular weight is 505 g/mol. The molecule has 2 aromatic rings. The average Bonchev–Trinajstić information content (AvgIpc) is 2.79. The Labute approximate surface area is 209 Å². The number of hydrogen-bond acceptors (Lipinski definition) is 8. The summed E-state index contributed by atoms with van der Waals surface area (Å²) < 4.78 is 11.5. The van der Waals surface area contributed by atoms with E-state index >= 15 is 0 Å². The Balaban J connectivity index is 1.45. The predicted octanol–water partition coefficient (Wildman–Crippen LogP) is 3.09. The van der Waals surface area contributed by atoms with E-state index in [9.17, 15) is 9.59 Å². The largest absolute Gasteiger partial charge is 0.372 e. The number of benzene rings is 1. The van der Waals surface area contributed by atoms with Crippen molar-refractivity contribution in [1.29, 1.82) is 0 Å². The maximum Gasteiger partial charge on any atom is 0.233 e. The Bertz CT molecular complexity index is 939. The Kier molecular flexibility index (Phi) is 8.34. The van der Waals surface area contributed by atoms with E-state index in [1.807, 2.05) is 61.8 Å². The Morgan fingerprint density at radius 3 is 1.47 bits per heavy atom. The number of hydrogen-bond donors (Lipinski definition) is 0. The normalized spacial score (nSPS) is 25.5. The smallest absolute Gasteiger partial charge is 0.233 e. The first-order chi connectivity index (χ1) is 16.3. The highest BCUT2D eigenvalue weighted by atomic mass is 32.2. The van der Waals surface area contributed by atoms with Gasteiger partial charge >= 0.3 is 0 Å². The van der Waals surface area contributed by atoms with Gasteiger partial charge in [-0.25, -0.2) is 9.97 Å². The van der Waals surface area contributed by atoms with Crippen molar-refractivity contribution >= 4 is 46.4 Å². The van der Waals surface area contributed by atoms with Crippen molar-refractivity contribution in [2.24, 2.45) is 0 Å². The molecular formula is C24H32N4O4S2. The van der Waals surface area contributed by atoms with Crippen LogP contribution in [-0.2, 0) is 19.1 Å². The molecule has 34 heavy (non-hydrogen) atoms. The van der Waals surface area contributed by atoms with Crippen molar-refractivity contribution in [3.63, 3.8) is 0 Å². The number of carbonyl (C=O) groups is 2. The fourth-order valence-corrected chi connectivity index (χ4v) is 6.26. The molecule has 2 fully saturated rings. The van der Waals surface area contributed by atoms with Crippen LogP contribution in [0.15, 0.2) is 34.3 Å². The predicted molar refractivity (Wildman–Crippen MR) is 134 cm³/mol. The van der Waals surface area contributed by atoms with Gasteiger partial charge in [0, 0.05) is 26.2 Å². The van der Waals surface area contributed by atoms with Gasteiger partial charge in [-0.1, -0.05) is 35.7 Å². The summed E-state index contributed by atoms with van der Waals surface area (Å²) in [6.45, 7) is 10.3. The van der Waals surface area contributed by atoms with Crippen LogP contribution in [0.4, 0.5) is 0 Å². The summed E-state index contributed by atoms with van der Waals surface area (Å²) >= 11 is 2.77. The van der Waals surface area contributed by atoms with Crippen LogP contribution >= 0.6 is 23.5 Å². The Morgan fingerprint density at radius 2 is 1.12 bits per heavy atom. The van der Waals surface area contributed by atoms with Crippen molar-refractivity contribution in [3.8, 4) is 0 Å². The lowest BCUT2D eigenvalue weighted by Crippen LogP contribution is -2.48. The Morgan fingerprint density at radius 1 is 0.765 bits per heavy atom. The summed E-state index contributed by atoms with van der Waals surface area (Å²) in [5.41, 5.74) is 1.55. The molecule has 2 amide bonds. The van der Waals surface area contributed by atoms with Crippen molar-refractivity contribution in [2.45, 2.75) is 62.2 Å². The number of rotatable bonds is 6. The highest BCUT2D eigenvalue weighted by Crippen LogP contribution is 2.30. The van der Waals surface area contributed by atoms with Crippen LogP contribution in [0.25, 0.3) is 11.0 Å². The highest BCUT2D eigenvalue weighted by Gasteiger charge is 2.28. The minimum atomic E-state index is 0.0286. The van der Waals surface area contributed by atoms with Gasteiger partial charge in [0.15, 0.2) is 0 Å². The molecule has 8 nitrogen and oxygen atoms in total. The van der Waals surface area contributed by atoms with Crippen LogP contribution in [0.3, 0.4) is 0 Å². The van der Waals surface area contributed by atoms with Crippen LogP contribution < -0.4 is 0 Å². The van der Waals surface area contributed by atoms with Crippen LogP contribution in [0.1, 0.15) is 27.7 Å². The molecule has 0 saturated carbocycles. The summed E-state index contributed by atoms with van der Waals surface area (Å²) in [4.78, 5) is 39.1. The van der Waals surface area contributed by atoms with E-state index in [4.69, 9.17) is 19.4 Å². The van der Waals surface area contributed by atoms with Gasteiger partial charge in [-0.3, -0.25) is 9.59 Å². The summed E-state index contributed by atoms with van der Waals surface area (Å²) in [6.07, 6.45) is 0.114. The zero-order valence-electron chi connectivity index (χ0n) is 20.1. The molecule has 3 heterocycles. The lowest BCUT2D eigenvalue weighted by atomic mass is 10.2. The third kappa shape index (κ3) is 6.41. The monoisotopic (exact) mass is 504 g/mol. The standard InChI is InChI=1S/C24H32N4O4S2/c1-15-9-27(10-16(2)31-15)21(29)13-33-23-24(26-20-8-6-5-7-19(20)25-23)34-14-22(30)28-11-17(3)32-18(4)12-28/h5-8,15-18H,9-14H2,1-4H3. The van der Waals surface area contributed by atoms with Crippen LogP contribution in [0.2, 0.25) is 0 Å². The molecular weight excluding hydrogens is 472 g/mol. The van der Waals surface area contributed by atoms with Gasteiger partial charge in [-0.2, -0.15) is 0 Å². The van der Waals surface area contributed by atoms with E-state index in [2.05, 4.69) is 0 Å². The number of ether oxygens (including phenoxy) is 2. The third-order valence-electron chi connectivity index (χ3n) is 5.72. The Hall–Kier alpha value is -1.88. The lowest BCUT2D eigenvalue weighted by Gasteiger charge is -2.35. The van der Waals surface area contributed by atoms with Gasteiger partial charge in [-0.15, -0.1) is 0 Å². The number of aromatic nitrogens is 2. The summed E-state index contributed by atoms with van der Waals surface area (Å²) in [6, 6.07) is 7.67. The van der Waals surface area contributed by atoms with E-state index in [1.54, 1.807) is 0 Å². The van der Waals surface area contributed by atoms with Crippen molar-refractivity contribution < 1.29 is 19.1 Å². The summed E-state index contributed by atoms with van der Waals surface area (Å²) in [5, 5.41) is 1.37. The molecule has 184 valence electrons. The SMILES string of the molecule is CC1CN(C(=O)CSc2nc3ccccc3nc2SCC(=O)N2CC(C)OC(C)C2)CC(C)O1. The zero-order valence-corrected chi connectivity index (χ0v) is 21.7. The summed E-state index contributed by atoms with van der Waals surface area (Å²) in [5.74, 6) is 0.661. The molecule has 2 saturated heterocycles. The van der Waals surface area contributed by atoms with Gasteiger partial charge in [-0.05, 0) is 39.8 Å². The third-order valence-corrected chi connectivity index (χ3v) is 7.75. The number of nitrogens with zero attached hydrogens (tertiary/aromatic N) is 4. The lowest BCUT2D eigenvalue weighted by molar-refractivity contribution is -0.140. The first-order valence-corrected chi connectivity index (χ1v) is 13.6. The highest BCUT2D eigenvalue weighted by molar-refractivity contribution is 8.02. The van der Waals surface area contributed by atoms with Gasteiger partial charge in [0.2, 0.25) is 11.8 Å². The number of thioether (sulfide) groups is 2. The van der Waals surface area contributed by atoms with Crippen LogP contribution in [-0.4, -0.2) is 93.7 Å². The minimum Gasteiger partial charge on any atom is -0.372 e. The molecule has 4 rings (SSSR count). The molecule has 4 unspecified atom stereocenters. The van der Waals surface area contributed by atoms with Gasteiger partial charge < -0.3 is 19.3 Å². The first-order valence-electron chi connectivity index (χ1n) is 11.7. The fourth-order valence-electron chi connectivity index (χ4n) is 4.36. The van der Waals surface area contributed by atoms with Crippen molar-refractivity contribution in [1.82, 2.24) is 19.8 Å². The molecule has 4 atom stereocenters. The fraction of sp³-hybridized carbons (Fsp3) is 0.583. The molecule has 0 spiro atoms. The molecule has 0 bridgehead atoms. The molecule has 10 heteroatoms. The number of amides is 2. The number of para-hydroxylation sites is 2. The molecule has 0 N–H and O–H groups in total. The molecule has 2 aliphatic rings. The number of carbonyl (C=O) groups excluding carboxylic acids is 2. The van der Waals surface area contributed by atoms with E-state index in [-0.39, 0.29) is 47.7 Å². The van der Waals surface area contributed by atoms with Gasteiger partial charge in [0.25, 0.3) is 0 Å². The van der Waals surface area contributed by atoms with Crippen molar-refractivity contribution in [2.75, 3.05) is 37.7 Å². The molecule has 1 aromatic carbocycles. The second kappa shape index (κ2) is 11.2. The molecule has 2 aliphatic heterocycles. The maximum atomic E-state index is 12.9. The number of morpholine rings is 2. The quantitative estimate of drug-likeness (QED) is 0.555. The molecule has 0 aliphatic carbocycles. The zero-order chi connectivity index (χ0) is 24.2. The first kappa shape index (κ1) is 25.2. The van der Waals surface area contributed by atoms with E-state index in [1.165, 1.54) is 23.5 Å². The molecule has 1 aromatic heterocycles. The van der Waals surface area contributed by atoms with Gasteiger partial charge in [0.05, 0.1) is 47.0 Å². The number of fused-ring (bicyclic) bond motifs is 1. The van der Waals surface area contributed by atoms with E-state index in [0.717, 1.165) is 11.0 Å². The van der Waals surface area contributed by atoms with Gasteiger partial charge in [0.1, 0.15) is 10.1 Å². The maximum absolute atomic E-state index is 12.9. The summed E-state index contributed by atoms with van der Waals surface area (Å²) in [7, 11) is 0. The van der Waals surface area contributed by atoms with Crippen LogP contribution in [0, 0.1) is 0 Å². The van der Waals surface area contributed by atoms with Crippen LogP contribution in [0.5, 0.6) is 0 Å². The molecule has 0 radical (unpaired) electrons. The second-order valence-electron chi connectivity index (χ2n) is 9.01.